The number of nitrogens with one attached hydrogen (secondary N) is 1. The SMILES string of the molecule is CC(=O)c1c(C)[nH]c(C(=O)C(C)OC(=O)C2CCN(C(=O)c3ccc(C(F)(F)F)cc3)CC2)c1C. The smallest absolute Gasteiger partial charge is 0.416 e. The van der Waals surface area contributed by atoms with Crippen LogP contribution in [-0.2, 0) is 15.7 Å². The molecule has 1 amide bonds. The number of H-pyrrole nitrogens is 1. The van der Waals surface area contributed by atoms with Crippen LogP contribution in [0.4, 0.5) is 13.2 Å². The number of Topliss-reactive ketones (excluding diaryl/α,β-unsaturated/α-hetero) is 2. The molecule has 0 radical (unpaired) electrons. The largest absolute Gasteiger partial charge is 0.454 e. The van der Waals surface area contributed by atoms with E-state index in [0.717, 1.165) is 24.3 Å². The van der Waals surface area contributed by atoms with E-state index in [1.165, 1.54) is 18.7 Å². The maximum absolute atomic E-state index is 12.8. The van der Waals surface area contributed by atoms with Crippen molar-refractivity contribution in [2.45, 2.75) is 52.8 Å². The number of aryl methyl sites for hydroxylation is 1. The topological polar surface area (TPSA) is 96.5 Å². The summed E-state index contributed by atoms with van der Waals surface area (Å²) in [4.78, 5) is 54.3. The Labute approximate surface area is 200 Å². The first-order chi connectivity index (χ1) is 16.3. The first-order valence-corrected chi connectivity index (χ1v) is 11.2. The minimum absolute atomic E-state index is 0.139. The number of piperidine rings is 1. The third-order valence-electron chi connectivity index (χ3n) is 6.27. The number of rotatable bonds is 6. The molecule has 1 atom stereocenters. The van der Waals surface area contributed by atoms with Crippen molar-refractivity contribution in [3.8, 4) is 0 Å². The van der Waals surface area contributed by atoms with Crippen molar-refractivity contribution in [1.29, 1.82) is 0 Å². The first kappa shape index (κ1) is 26.2. The van der Waals surface area contributed by atoms with Gasteiger partial charge in [0, 0.05) is 29.9 Å². The van der Waals surface area contributed by atoms with Crippen molar-refractivity contribution >= 4 is 23.4 Å². The summed E-state index contributed by atoms with van der Waals surface area (Å²) < 4.78 is 43.6. The van der Waals surface area contributed by atoms with Gasteiger partial charge in [0.25, 0.3) is 5.91 Å². The number of amides is 1. The highest BCUT2D eigenvalue weighted by Gasteiger charge is 2.33. The van der Waals surface area contributed by atoms with Gasteiger partial charge in [-0.2, -0.15) is 13.2 Å². The number of benzene rings is 1. The highest BCUT2D eigenvalue weighted by molar-refractivity contribution is 6.05. The van der Waals surface area contributed by atoms with Crippen LogP contribution >= 0.6 is 0 Å². The fraction of sp³-hybridized carbons (Fsp3) is 0.440. The molecule has 1 aromatic heterocycles. The molecule has 1 unspecified atom stereocenters. The van der Waals surface area contributed by atoms with Crippen LogP contribution in [0.1, 0.15) is 74.7 Å². The molecule has 2 heterocycles. The summed E-state index contributed by atoms with van der Waals surface area (Å²) in [6.45, 7) is 6.70. The predicted molar refractivity (Wildman–Crippen MR) is 120 cm³/mol. The van der Waals surface area contributed by atoms with Gasteiger partial charge in [-0.25, -0.2) is 0 Å². The molecular formula is C25H27F3N2O5. The molecule has 2 aromatic rings. The fourth-order valence-corrected chi connectivity index (χ4v) is 4.35. The maximum atomic E-state index is 12.8. The van der Waals surface area contributed by atoms with Gasteiger partial charge in [-0.3, -0.25) is 19.2 Å². The first-order valence-electron chi connectivity index (χ1n) is 11.2. The van der Waals surface area contributed by atoms with Gasteiger partial charge in [-0.15, -0.1) is 0 Å². The van der Waals surface area contributed by atoms with Gasteiger partial charge >= 0.3 is 12.1 Å². The average molecular weight is 492 g/mol. The number of likely N-dealkylation sites (tertiary alicyclic amines) is 1. The number of aromatic amines is 1. The van der Waals surface area contributed by atoms with Crippen molar-refractivity contribution in [3.05, 3.63) is 57.9 Å². The van der Waals surface area contributed by atoms with E-state index in [1.54, 1.807) is 13.8 Å². The molecule has 188 valence electrons. The Kier molecular flexibility index (Phi) is 7.52. The standard InChI is InChI=1S/C25H27F3N2O5/c1-13-20(15(3)31)14(2)29-21(13)22(32)16(4)35-24(34)18-9-11-30(12-10-18)23(33)17-5-7-19(8-6-17)25(26,27)28/h5-8,16,18,29H,9-12H2,1-4H3. The monoisotopic (exact) mass is 492 g/mol. The summed E-state index contributed by atoms with van der Waals surface area (Å²) in [5.41, 5.74) is 1.06. The summed E-state index contributed by atoms with van der Waals surface area (Å²) in [6, 6.07) is 4.01. The number of carbonyl (C=O) groups is 4. The van der Waals surface area contributed by atoms with Gasteiger partial charge in [0.15, 0.2) is 11.9 Å². The number of hydrogen-bond acceptors (Lipinski definition) is 5. The molecule has 1 saturated heterocycles. The summed E-state index contributed by atoms with van der Waals surface area (Å²) >= 11 is 0. The number of esters is 1. The predicted octanol–water partition coefficient (Wildman–Crippen LogP) is 4.52. The second-order valence-corrected chi connectivity index (χ2v) is 8.77. The molecule has 1 aliphatic rings. The number of carbonyl (C=O) groups excluding carboxylic acids is 4. The van der Waals surface area contributed by atoms with Gasteiger partial charge in [-0.05, 0) is 70.4 Å². The Bertz CT molecular complexity index is 1140. The van der Waals surface area contributed by atoms with Crippen molar-refractivity contribution in [1.82, 2.24) is 9.88 Å². The van der Waals surface area contributed by atoms with Gasteiger partial charge in [0.1, 0.15) is 0 Å². The lowest BCUT2D eigenvalue weighted by atomic mass is 9.96. The highest BCUT2D eigenvalue weighted by atomic mass is 19.4. The lowest BCUT2D eigenvalue weighted by molar-refractivity contribution is -0.152. The van der Waals surface area contributed by atoms with Crippen molar-refractivity contribution in [2.24, 2.45) is 5.92 Å². The molecule has 0 saturated carbocycles. The van der Waals surface area contributed by atoms with E-state index in [9.17, 15) is 32.3 Å². The Hall–Kier alpha value is -3.43. The number of hydrogen-bond donors (Lipinski definition) is 1. The second-order valence-electron chi connectivity index (χ2n) is 8.77. The maximum Gasteiger partial charge on any atom is 0.416 e. The zero-order valence-electron chi connectivity index (χ0n) is 19.9. The van der Waals surface area contributed by atoms with Crippen molar-refractivity contribution in [3.63, 3.8) is 0 Å². The molecule has 3 rings (SSSR count). The molecular weight excluding hydrogens is 465 g/mol. The van der Waals surface area contributed by atoms with E-state index in [4.69, 9.17) is 4.74 Å². The Morgan fingerprint density at radius 2 is 1.63 bits per heavy atom. The Morgan fingerprint density at radius 1 is 1.06 bits per heavy atom. The van der Waals surface area contributed by atoms with Crippen LogP contribution < -0.4 is 0 Å². The zero-order chi connectivity index (χ0) is 26.1. The van der Waals surface area contributed by atoms with Crippen LogP contribution in [0.15, 0.2) is 24.3 Å². The molecule has 0 aliphatic carbocycles. The van der Waals surface area contributed by atoms with E-state index < -0.39 is 41.4 Å². The number of alkyl halides is 3. The van der Waals surface area contributed by atoms with Crippen molar-refractivity contribution < 1.29 is 37.1 Å². The third-order valence-corrected chi connectivity index (χ3v) is 6.27. The van der Waals surface area contributed by atoms with E-state index in [1.807, 2.05) is 0 Å². The minimum Gasteiger partial charge on any atom is -0.454 e. The molecule has 10 heteroatoms. The van der Waals surface area contributed by atoms with Crippen molar-refractivity contribution in [2.75, 3.05) is 13.1 Å². The van der Waals surface area contributed by atoms with E-state index in [-0.39, 0.29) is 30.1 Å². The van der Waals surface area contributed by atoms with Gasteiger partial charge < -0.3 is 14.6 Å². The Morgan fingerprint density at radius 3 is 2.11 bits per heavy atom. The summed E-state index contributed by atoms with van der Waals surface area (Å²) in [5, 5.41) is 0. The van der Waals surface area contributed by atoms with Gasteiger partial charge in [0.2, 0.25) is 5.78 Å². The second kappa shape index (κ2) is 10.1. The number of ether oxygens (including phenoxy) is 1. The van der Waals surface area contributed by atoms with Gasteiger partial charge in [-0.1, -0.05) is 0 Å². The lowest BCUT2D eigenvalue weighted by Gasteiger charge is -2.31. The molecule has 1 aromatic carbocycles. The van der Waals surface area contributed by atoms with Crippen LogP contribution in [0, 0.1) is 19.8 Å². The quantitative estimate of drug-likeness (QED) is 0.473. The lowest BCUT2D eigenvalue weighted by Crippen LogP contribution is -2.41. The number of nitrogens with zero attached hydrogens (tertiary/aromatic N) is 1. The van der Waals surface area contributed by atoms with Crippen LogP contribution in [0.5, 0.6) is 0 Å². The average Bonchev–Trinajstić information content (AvgIpc) is 3.11. The summed E-state index contributed by atoms with van der Waals surface area (Å²) in [6.07, 6.45) is -4.93. The molecule has 35 heavy (non-hydrogen) atoms. The zero-order valence-corrected chi connectivity index (χ0v) is 19.9. The van der Waals surface area contributed by atoms with E-state index in [0.29, 0.717) is 29.7 Å². The van der Waals surface area contributed by atoms with E-state index in [2.05, 4.69) is 4.98 Å². The number of halogens is 3. The van der Waals surface area contributed by atoms with E-state index >= 15 is 0 Å². The molecule has 7 nitrogen and oxygen atoms in total. The van der Waals surface area contributed by atoms with Crippen LogP contribution in [0.2, 0.25) is 0 Å². The molecule has 0 spiro atoms. The molecule has 1 N–H and O–H groups in total. The highest BCUT2D eigenvalue weighted by Crippen LogP contribution is 2.29. The number of aromatic nitrogens is 1. The summed E-state index contributed by atoms with van der Waals surface area (Å²) in [5.74, 6) is -2.09. The normalized spacial score (nSPS) is 15.6. The van der Waals surface area contributed by atoms with Crippen LogP contribution in [0.3, 0.4) is 0 Å². The fourth-order valence-electron chi connectivity index (χ4n) is 4.35. The van der Waals surface area contributed by atoms with Gasteiger partial charge in [0.05, 0.1) is 17.2 Å². The molecule has 0 bridgehead atoms. The minimum atomic E-state index is -4.48. The Balaban J connectivity index is 1.56. The number of ketones is 2. The van der Waals surface area contributed by atoms with Crippen LogP contribution in [-0.4, -0.2) is 52.5 Å². The van der Waals surface area contributed by atoms with Crippen LogP contribution in [0.25, 0.3) is 0 Å². The molecule has 1 fully saturated rings. The summed E-state index contributed by atoms with van der Waals surface area (Å²) in [7, 11) is 0. The third kappa shape index (κ3) is 5.63. The molecule has 1 aliphatic heterocycles.